The van der Waals surface area contributed by atoms with Gasteiger partial charge in [0.15, 0.2) is 0 Å². The fraction of sp³-hybridized carbons (Fsp3) is 0. The molecule has 0 aromatic heterocycles. The average Bonchev–Trinajstić information content (AvgIpc) is 0.811. The van der Waals surface area contributed by atoms with E-state index in [2.05, 4.69) is 0 Å². The smallest absolute Gasteiger partial charge is 0.511 e. The molecule has 0 atom stereocenters. The summed E-state index contributed by atoms with van der Waals surface area (Å²) in [6, 6.07) is 0. The molecule has 3 nitrogen and oxygen atoms in total. The van der Waals surface area contributed by atoms with Gasteiger partial charge in [-0.15, -0.1) is 0 Å². The van der Waals surface area contributed by atoms with Crippen molar-refractivity contribution in [3.05, 3.63) is 0 Å². The second-order valence-electron chi connectivity index (χ2n) is 0.283. The van der Waals surface area contributed by atoms with Crippen molar-refractivity contribution in [3.63, 3.8) is 0 Å². The molecule has 5 heavy (non-hydrogen) atoms. The van der Waals surface area contributed by atoms with E-state index in [1.807, 2.05) is 0 Å². The van der Waals surface area contributed by atoms with Crippen LogP contribution in [-0.2, 0) is 21.5 Å². The van der Waals surface area contributed by atoms with Gasteiger partial charge in [0, 0.05) is 17.1 Å². The van der Waals surface area contributed by atoms with E-state index >= 15 is 0 Å². The molecule has 0 heterocycles. The Hall–Kier alpha value is 0.136. The summed E-state index contributed by atoms with van der Waals surface area (Å²) < 4.78 is 8.74. The van der Waals surface area contributed by atoms with Crippen LogP contribution < -0.4 is 0 Å². The molecule has 0 spiro atoms. The quantitative estimate of drug-likeness (QED) is 0.391. The summed E-state index contributed by atoms with van der Waals surface area (Å²) in [5.41, 5.74) is 0. The van der Waals surface area contributed by atoms with E-state index in [1.165, 1.54) is 0 Å². The molecule has 0 unspecified atom stereocenters. The number of hydrogen-bond acceptors (Lipinski definition) is 1. The van der Waals surface area contributed by atoms with Crippen molar-refractivity contribution in [3.8, 4) is 0 Å². The third-order valence-electron chi connectivity index (χ3n) is 0. The first-order chi connectivity index (χ1) is 1.73. The zero-order valence-electron chi connectivity index (χ0n) is 2.16. The molecular weight excluding hydrogens is 132 g/mol. The molecule has 0 aliphatic rings. The summed E-state index contributed by atoms with van der Waals surface area (Å²) in [5.74, 6) is 0. The Morgan fingerprint density at radius 3 is 1.40 bits per heavy atom. The monoisotopic (exact) mass is 134 g/mol. The molecule has 0 aromatic rings. The Labute approximate surface area is 41.0 Å². The third-order valence-corrected chi connectivity index (χ3v) is 0. The Bertz CT molecular complexity index is 29.9. The van der Waals surface area contributed by atoms with Crippen molar-refractivity contribution in [2.75, 3.05) is 0 Å². The van der Waals surface area contributed by atoms with E-state index in [1.54, 1.807) is 0 Å². The number of hydrogen-bond donors (Lipinski definition) is 2. The van der Waals surface area contributed by atoms with E-state index in [0.29, 0.717) is 0 Å². The van der Waals surface area contributed by atoms with Crippen LogP contribution in [-0.4, -0.2) is 18.8 Å². The normalized spacial score (nSPS) is 4.80. The van der Waals surface area contributed by atoms with E-state index < -0.39 is 9.17 Å². The summed E-state index contributed by atoms with van der Waals surface area (Å²) in [7, 11) is -3.13. The molecule has 0 saturated carbocycles. The van der Waals surface area contributed by atoms with Crippen LogP contribution in [0.3, 0.4) is 0 Å². The molecule has 0 aliphatic heterocycles. The predicted molar refractivity (Wildman–Crippen MR) is 10.9 cm³/mol. The van der Waals surface area contributed by atoms with Gasteiger partial charge in [0.05, 0.1) is 0 Å². The zero-order chi connectivity index (χ0) is 3.58. The van der Waals surface area contributed by atoms with Crippen LogP contribution in [0.2, 0.25) is 0 Å². The molecule has 5 heteroatoms. The Balaban J connectivity index is 0. The maximum absolute atomic E-state index is 8.74. The van der Waals surface area contributed by atoms with Crippen molar-refractivity contribution in [1.82, 2.24) is 0 Å². The topological polar surface area (TPSA) is 57.5 Å². The van der Waals surface area contributed by atoms with Crippen LogP contribution in [0.25, 0.3) is 0 Å². The van der Waals surface area contributed by atoms with Crippen molar-refractivity contribution < 1.29 is 31.1 Å². The molecule has 0 rings (SSSR count). The van der Waals surface area contributed by atoms with Crippen LogP contribution in [0.1, 0.15) is 0 Å². The van der Waals surface area contributed by atoms with Gasteiger partial charge in [-0.3, -0.25) is 4.46 Å². The van der Waals surface area contributed by atoms with Crippen LogP contribution in [0.5, 0.6) is 0 Å². The first kappa shape index (κ1) is 8.93. The average molecular weight is 134 g/mol. The molecule has 0 aliphatic carbocycles. The van der Waals surface area contributed by atoms with E-state index in [9.17, 15) is 0 Å². The predicted octanol–water partition coefficient (Wildman–Crippen LogP) is -1.62. The zero-order valence-corrected chi connectivity index (χ0v) is 4.26. The fourth-order valence-electron chi connectivity index (χ4n) is 0. The largest absolute Gasteiger partial charge is 0.761 e. The Morgan fingerprint density at radius 1 is 1.40 bits per heavy atom. The molecule has 2 N–H and O–H groups in total. The van der Waals surface area contributed by atoms with Crippen molar-refractivity contribution in [2.45, 2.75) is 0 Å². The minimum absolute atomic E-state index is 0. The molecule has 0 saturated heterocycles. The van der Waals surface area contributed by atoms with Gasteiger partial charge in [-0.1, -0.05) is 0 Å². The molecule has 0 radical (unpaired) electrons. The van der Waals surface area contributed by atoms with Gasteiger partial charge in [0.1, 0.15) is 0 Å². The fourth-order valence-corrected chi connectivity index (χ4v) is 0. The maximum Gasteiger partial charge on any atom is 0.761 e. The van der Waals surface area contributed by atoms with Crippen molar-refractivity contribution >= 4 is 9.17 Å². The van der Waals surface area contributed by atoms with Gasteiger partial charge in [-0.05, 0) is 0 Å². The summed E-state index contributed by atoms with van der Waals surface area (Å²) in [6.07, 6.45) is 0. The first-order valence-electron chi connectivity index (χ1n) is 0.651. The SMILES string of the molecule is O=[Si](O)O.[Fe]. The van der Waals surface area contributed by atoms with Crippen LogP contribution >= 0.6 is 0 Å². The van der Waals surface area contributed by atoms with Crippen LogP contribution in [0.15, 0.2) is 0 Å². The third kappa shape index (κ3) is 1020. The van der Waals surface area contributed by atoms with E-state index in [0.717, 1.165) is 0 Å². The van der Waals surface area contributed by atoms with Gasteiger partial charge in [0.2, 0.25) is 0 Å². The van der Waals surface area contributed by atoms with Gasteiger partial charge in [-0.25, -0.2) is 0 Å². The summed E-state index contributed by atoms with van der Waals surface area (Å²) in [6.45, 7) is 0. The first-order valence-corrected chi connectivity index (χ1v) is 1.95. The number of rotatable bonds is 0. The second-order valence-corrected chi connectivity index (χ2v) is 0.848. The minimum atomic E-state index is -3.13. The maximum atomic E-state index is 8.74. The minimum Gasteiger partial charge on any atom is -0.511 e. The van der Waals surface area contributed by atoms with Crippen molar-refractivity contribution in [1.29, 1.82) is 0 Å². The Morgan fingerprint density at radius 2 is 1.40 bits per heavy atom. The molecule has 32 valence electrons. The summed E-state index contributed by atoms with van der Waals surface area (Å²) in [5, 5.41) is 0. The molecule has 0 fully saturated rings. The van der Waals surface area contributed by atoms with Gasteiger partial charge >= 0.3 is 9.17 Å². The molecule has 0 amide bonds. The summed E-state index contributed by atoms with van der Waals surface area (Å²) >= 11 is 0. The van der Waals surface area contributed by atoms with Gasteiger partial charge in [-0.2, -0.15) is 0 Å². The molecule has 0 aromatic carbocycles. The van der Waals surface area contributed by atoms with Crippen molar-refractivity contribution in [2.24, 2.45) is 0 Å². The van der Waals surface area contributed by atoms with Gasteiger partial charge in [0.25, 0.3) is 0 Å². The van der Waals surface area contributed by atoms with E-state index in [4.69, 9.17) is 14.1 Å². The van der Waals surface area contributed by atoms with Crippen LogP contribution in [0, 0.1) is 0 Å². The van der Waals surface area contributed by atoms with Gasteiger partial charge < -0.3 is 9.59 Å². The second kappa shape index (κ2) is 4.14. The van der Waals surface area contributed by atoms with E-state index in [-0.39, 0.29) is 17.1 Å². The Kier molecular flexibility index (Phi) is 7.39. The molecular formula is H2FeO3Si. The summed E-state index contributed by atoms with van der Waals surface area (Å²) in [4.78, 5) is 14.3. The molecule has 0 bridgehead atoms. The standard InChI is InChI=1S/Fe.H2O3Si/c;1-4(2)3/h;1-2H. The van der Waals surface area contributed by atoms with Crippen LogP contribution in [0.4, 0.5) is 0 Å².